The molecule has 0 fully saturated rings. The van der Waals surface area contributed by atoms with E-state index < -0.39 is 17.7 Å². The van der Waals surface area contributed by atoms with Crippen molar-refractivity contribution in [2.24, 2.45) is 0 Å². The van der Waals surface area contributed by atoms with Gasteiger partial charge < -0.3 is 14.4 Å². The summed E-state index contributed by atoms with van der Waals surface area (Å²) in [7, 11) is 5.47. The smallest absolute Gasteiger partial charge is 0.410 e. The van der Waals surface area contributed by atoms with Crippen molar-refractivity contribution in [3.05, 3.63) is 16.1 Å². The number of hydrogen-bond donors (Lipinski definition) is 0. The van der Waals surface area contributed by atoms with Gasteiger partial charge in [-0.2, -0.15) is 0 Å². The number of carbonyl (C=O) groups excluding carboxylic acids is 2. The first-order chi connectivity index (χ1) is 9.64. The minimum atomic E-state index is -0.722. The predicted molar refractivity (Wildman–Crippen MR) is 82.3 cm³/mol. The van der Waals surface area contributed by atoms with Crippen molar-refractivity contribution >= 4 is 23.7 Å². The van der Waals surface area contributed by atoms with Crippen LogP contribution in [-0.2, 0) is 16.1 Å². The predicted octanol–water partition coefficient (Wildman–Crippen LogP) is 2.31. The molecule has 21 heavy (non-hydrogen) atoms. The van der Waals surface area contributed by atoms with Crippen LogP contribution in [0, 0.1) is 0 Å². The Morgan fingerprint density at radius 3 is 2.52 bits per heavy atom. The van der Waals surface area contributed by atoms with Gasteiger partial charge in [0.15, 0.2) is 0 Å². The number of aromatic nitrogens is 1. The van der Waals surface area contributed by atoms with E-state index in [0.717, 1.165) is 11.4 Å². The molecule has 1 unspecified atom stereocenters. The molecule has 0 aliphatic heterocycles. The summed E-state index contributed by atoms with van der Waals surface area (Å²) in [5, 5.41) is 0.593. The summed E-state index contributed by atoms with van der Waals surface area (Å²) in [5.74, 6) is 0. The maximum absolute atomic E-state index is 12.0. The minimum Gasteiger partial charge on any atom is -0.444 e. The Morgan fingerprint density at radius 2 is 2.05 bits per heavy atom. The van der Waals surface area contributed by atoms with E-state index >= 15 is 0 Å². The average Bonchev–Trinajstić information content (AvgIpc) is 2.75. The first-order valence-electron chi connectivity index (χ1n) is 6.64. The molecule has 118 valence electrons. The van der Waals surface area contributed by atoms with Crippen LogP contribution < -0.4 is 0 Å². The zero-order valence-electron chi connectivity index (χ0n) is 13.4. The van der Waals surface area contributed by atoms with Crippen molar-refractivity contribution in [3.8, 4) is 0 Å². The number of amides is 1. The third-order valence-electron chi connectivity index (χ3n) is 2.52. The monoisotopic (exact) mass is 313 g/mol. The van der Waals surface area contributed by atoms with E-state index in [1.807, 2.05) is 19.0 Å². The fourth-order valence-electron chi connectivity index (χ4n) is 1.61. The average molecular weight is 313 g/mol. The van der Waals surface area contributed by atoms with E-state index in [4.69, 9.17) is 4.74 Å². The van der Waals surface area contributed by atoms with Gasteiger partial charge in [0.25, 0.3) is 0 Å². The summed E-state index contributed by atoms with van der Waals surface area (Å²) in [6, 6.07) is -0.722. The van der Waals surface area contributed by atoms with Crippen molar-refractivity contribution in [3.63, 3.8) is 0 Å². The Hall–Kier alpha value is -1.47. The molecule has 1 heterocycles. The summed E-state index contributed by atoms with van der Waals surface area (Å²) in [4.78, 5) is 32.0. The molecule has 6 nitrogen and oxygen atoms in total. The molecule has 0 N–H and O–H groups in total. The van der Waals surface area contributed by atoms with Gasteiger partial charge in [0.1, 0.15) is 22.9 Å². The topological polar surface area (TPSA) is 62.7 Å². The third-order valence-corrected chi connectivity index (χ3v) is 3.58. The van der Waals surface area contributed by atoms with Gasteiger partial charge in [-0.1, -0.05) is 0 Å². The number of carbonyl (C=O) groups is 2. The lowest BCUT2D eigenvalue weighted by Gasteiger charge is -2.27. The number of aldehydes is 1. The van der Waals surface area contributed by atoms with Gasteiger partial charge in [-0.3, -0.25) is 4.90 Å². The van der Waals surface area contributed by atoms with Gasteiger partial charge in [0, 0.05) is 24.7 Å². The first-order valence-corrected chi connectivity index (χ1v) is 7.46. The van der Waals surface area contributed by atoms with Crippen LogP contribution >= 0.6 is 11.3 Å². The summed E-state index contributed by atoms with van der Waals surface area (Å²) in [5.41, 5.74) is -0.599. The number of nitrogens with zero attached hydrogens (tertiary/aromatic N) is 3. The molecule has 0 bridgehead atoms. The van der Waals surface area contributed by atoms with Gasteiger partial charge in [-0.25, -0.2) is 9.78 Å². The first kappa shape index (κ1) is 17.6. The van der Waals surface area contributed by atoms with Crippen molar-refractivity contribution in [1.82, 2.24) is 14.8 Å². The van der Waals surface area contributed by atoms with Crippen LogP contribution in [0.15, 0.2) is 6.20 Å². The highest BCUT2D eigenvalue weighted by Gasteiger charge is 2.28. The van der Waals surface area contributed by atoms with Crippen LogP contribution in [-0.4, -0.2) is 53.9 Å². The van der Waals surface area contributed by atoms with Crippen molar-refractivity contribution in [2.75, 3.05) is 21.1 Å². The van der Waals surface area contributed by atoms with Crippen molar-refractivity contribution in [2.45, 2.75) is 39.0 Å². The van der Waals surface area contributed by atoms with Crippen LogP contribution in [0.1, 0.15) is 36.7 Å². The molecule has 0 saturated carbocycles. The standard InChI is InChI=1S/C14H23N3O3S/c1-14(2,3)20-13(19)17(6)11(9-18)12-15-7-10(21-12)8-16(4)5/h7,9,11H,8H2,1-6H3. The molecular formula is C14H23N3O3S. The van der Waals surface area contributed by atoms with E-state index in [1.165, 1.54) is 16.2 Å². The minimum absolute atomic E-state index is 0.538. The molecule has 1 atom stereocenters. The molecule has 0 saturated heterocycles. The molecule has 0 spiro atoms. The van der Waals surface area contributed by atoms with Crippen molar-refractivity contribution in [1.29, 1.82) is 0 Å². The van der Waals surface area contributed by atoms with Crippen LogP contribution in [0.25, 0.3) is 0 Å². The number of ether oxygens (including phenoxy) is 1. The van der Waals surface area contributed by atoms with Gasteiger partial charge in [0.05, 0.1) is 0 Å². The lowest BCUT2D eigenvalue weighted by molar-refractivity contribution is -0.112. The molecular weight excluding hydrogens is 290 g/mol. The molecule has 1 aromatic heterocycles. The van der Waals surface area contributed by atoms with Gasteiger partial charge in [-0.15, -0.1) is 11.3 Å². The second-order valence-corrected chi connectivity index (χ2v) is 7.22. The zero-order valence-corrected chi connectivity index (χ0v) is 14.2. The molecule has 1 amide bonds. The lowest BCUT2D eigenvalue weighted by Crippen LogP contribution is -2.37. The maximum Gasteiger partial charge on any atom is 0.410 e. The molecule has 0 aliphatic carbocycles. The summed E-state index contributed by atoms with van der Waals surface area (Å²) in [6.07, 6.45) is 1.91. The van der Waals surface area contributed by atoms with Crippen LogP contribution in [0.3, 0.4) is 0 Å². The highest BCUT2D eigenvalue weighted by molar-refractivity contribution is 7.11. The third kappa shape index (κ3) is 5.43. The fraction of sp³-hybridized carbons (Fsp3) is 0.643. The SMILES string of the molecule is CN(C)Cc1cnc(C(C=O)N(C)C(=O)OC(C)(C)C)s1. The molecule has 0 aromatic carbocycles. The number of rotatable bonds is 5. The highest BCUT2D eigenvalue weighted by Crippen LogP contribution is 2.25. The Kier molecular flexibility index (Phi) is 5.86. The molecule has 0 aliphatic rings. The largest absolute Gasteiger partial charge is 0.444 e. The van der Waals surface area contributed by atoms with Gasteiger partial charge in [0.2, 0.25) is 0 Å². The van der Waals surface area contributed by atoms with Crippen molar-refractivity contribution < 1.29 is 14.3 Å². The number of likely N-dealkylation sites (N-methyl/N-ethyl adjacent to an activating group) is 1. The Morgan fingerprint density at radius 1 is 1.43 bits per heavy atom. The van der Waals surface area contributed by atoms with Crippen LogP contribution in [0.5, 0.6) is 0 Å². The van der Waals surface area contributed by atoms with E-state index in [9.17, 15) is 9.59 Å². The second kappa shape index (κ2) is 7.00. The molecule has 7 heteroatoms. The van der Waals surface area contributed by atoms with E-state index in [0.29, 0.717) is 11.3 Å². The Balaban J connectivity index is 2.84. The van der Waals surface area contributed by atoms with Crippen LogP contribution in [0.2, 0.25) is 0 Å². The molecule has 1 rings (SSSR count). The van der Waals surface area contributed by atoms with Crippen LogP contribution in [0.4, 0.5) is 4.79 Å². The summed E-state index contributed by atoms with van der Waals surface area (Å²) in [6.45, 7) is 6.10. The van der Waals surface area contributed by atoms with E-state index in [1.54, 1.807) is 34.0 Å². The fourth-order valence-corrected chi connectivity index (χ4v) is 2.74. The summed E-state index contributed by atoms with van der Waals surface area (Å²) >= 11 is 1.42. The second-order valence-electron chi connectivity index (χ2n) is 6.07. The highest BCUT2D eigenvalue weighted by atomic mass is 32.1. The molecule has 1 aromatic rings. The van der Waals surface area contributed by atoms with Gasteiger partial charge >= 0.3 is 6.09 Å². The summed E-state index contributed by atoms with van der Waals surface area (Å²) < 4.78 is 5.27. The van der Waals surface area contributed by atoms with Gasteiger partial charge in [-0.05, 0) is 34.9 Å². The molecule has 0 radical (unpaired) electrons. The Bertz CT molecular complexity index is 494. The Labute approximate surface area is 129 Å². The van der Waals surface area contributed by atoms with E-state index in [2.05, 4.69) is 4.98 Å². The zero-order chi connectivity index (χ0) is 16.2. The normalized spacial score (nSPS) is 13.1. The lowest BCUT2D eigenvalue weighted by atomic mass is 10.2. The number of hydrogen-bond acceptors (Lipinski definition) is 6. The maximum atomic E-state index is 12.0. The van der Waals surface area contributed by atoms with E-state index in [-0.39, 0.29) is 0 Å². The number of thiazole rings is 1. The quantitative estimate of drug-likeness (QED) is 0.781.